The second kappa shape index (κ2) is 11.4. The first-order valence-corrected chi connectivity index (χ1v) is 15.5. The van der Waals surface area contributed by atoms with E-state index in [-0.39, 0.29) is 11.1 Å². The number of nitrogens with zero attached hydrogens (tertiary/aromatic N) is 4. The molecular weight excluding hydrogens is 486 g/mol. The molecule has 2 fully saturated rings. The molecule has 3 heterocycles. The average molecular weight is 527 g/mol. The molecular formula is C27H40N5O4Si. The molecule has 0 spiro atoms. The number of hydrogen-bond acceptors (Lipinski definition) is 8. The Morgan fingerprint density at radius 2 is 1.81 bits per heavy atom. The summed E-state index contributed by atoms with van der Waals surface area (Å²) in [5.41, 5.74) is 2.38. The molecule has 0 aliphatic carbocycles. The SMILES string of the molecule is COc1cc(Nc2ccc(N3CC(N4CCC(C(O[Si](C)C)C(C)(C)C)CC4)C3)cc2)c([N+](=O)[O-])cn1. The number of aromatic nitrogens is 1. The van der Waals surface area contributed by atoms with Gasteiger partial charge in [-0.1, -0.05) is 20.8 Å². The van der Waals surface area contributed by atoms with Crippen molar-refractivity contribution in [2.45, 2.75) is 58.9 Å². The van der Waals surface area contributed by atoms with E-state index in [1.165, 1.54) is 37.9 Å². The molecule has 201 valence electrons. The first-order valence-electron chi connectivity index (χ1n) is 13.1. The molecule has 0 saturated carbocycles. The van der Waals surface area contributed by atoms with Gasteiger partial charge in [0.15, 0.2) is 0 Å². The van der Waals surface area contributed by atoms with E-state index < -0.39 is 14.0 Å². The Morgan fingerprint density at radius 1 is 1.16 bits per heavy atom. The zero-order valence-corrected chi connectivity index (χ0v) is 23.9. The van der Waals surface area contributed by atoms with Crippen molar-refractivity contribution in [3.8, 4) is 5.88 Å². The van der Waals surface area contributed by atoms with Gasteiger partial charge in [-0.25, -0.2) is 4.98 Å². The lowest BCUT2D eigenvalue weighted by Crippen LogP contribution is -2.61. The van der Waals surface area contributed by atoms with Gasteiger partial charge in [0.05, 0.1) is 18.1 Å². The van der Waals surface area contributed by atoms with E-state index in [0.717, 1.165) is 31.9 Å². The second-order valence-electron chi connectivity index (χ2n) is 11.4. The van der Waals surface area contributed by atoms with Crippen LogP contribution in [0.15, 0.2) is 36.5 Å². The number of hydrogen-bond donors (Lipinski definition) is 1. The van der Waals surface area contributed by atoms with E-state index in [0.29, 0.717) is 29.6 Å². The summed E-state index contributed by atoms with van der Waals surface area (Å²) in [5.74, 6) is 0.965. The van der Waals surface area contributed by atoms with Crippen molar-refractivity contribution in [2.75, 3.05) is 43.5 Å². The van der Waals surface area contributed by atoms with Crippen LogP contribution in [0.4, 0.5) is 22.7 Å². The lowest BCUT2D eigenvalue weighted by Gasteiger charge is -2.50. The number of rotatable bonds is 9. The molecule has 2 aliphatic rings. The van der Waals surface area contributed by atoms with Gasteiger partial charge in [-0.15, -0.1) is 0 Å². The smallest absolute Gasteiger partial charge is 0.311 e. The number of piperidine rings is 1. The fourth-order valence-corrected chi connectivity index (χ4v) is 6.47. The Hall–Kier alpha value is -2.69. The molecule has 1 N–H and O–H groups in total. The van der Waals surface area contributed by atoms with E-state index in [1.54, 1.807) is 0 Å². The van der Waals surface area contributed by atoms with Crippen molar-refractivity contribution in [3.05, 3.63) is 46.6 Å². The lowest BCUT2D eigenvalue weighted by molar-refractivity contribution is -0.384. The zero-order valence-electron chi connectivity index (χ0n) is 22.9. The van der Waals surface area contributed by atoms with Crippen LogP contribution in [0, 0.1) is 21.4 Å². The van der Waals surface area contributed by atoms with Crippen LogP contribution in [0.3, 0.4) is 0 Å². The van der Waals surface area contributed by atoms with Crippen molar-refractivity contribution in [3.63, 3.8) is 0 Å². The highest BCUT2D eigenvalue weighted by Gasteiger charge is 2.39. The molecule has 2 aliphatic heterocycles. The van der Waals surface area contributed by atoms with Crippen LogP contribution in [0.2, 0.25) is 13.1 Å². The number of ether oxygens (including phenoxy) is 1. The largest absolute Gasteiger partial charge is 0.481 e. The molecule has 0 bridgehead atoms. The molecule has 2 aromatic rings. The van der Waals surface area contributed by atoms with Crippen molar-refractivity contribution in [2.24, 2.45) is 11.3 Å². The minimum Gasteiger partial charge on any atom is -0.481 e. The zero-order chi connectivity index (χ0) is 26.7. The minimum absolute atomic E-state index is 0.0923. The lowest BCUT2D eigenvalue weighted by atomic mass is 9.77. The molecule has 1 aromatic carbocycles. The summed E-state index contributed by atoms with van der Waals surface area (Å²) in [7, 11) is 0.769. The molecule has 2 saturated heterocycles. The maximum atomic E-state index is 11.4. The molecule has 1 atom stereocenters. The molecule has 1 aromatic heterocycles. The molecule has 0 amide bonds. The van der Waals surface area contributed by atoms with E-state index in [4.69, 9.17) is 9.16 Å². The molecule has 4 rings (SSSR count). The molecule has 1 radical (unpaired) electrons. The third-order valence-corrected chi connectivity index (χ3v) is 8.10. The summed E-state index contributed by atoms with van der Waals surface area (Å²) in [6, 6.07) is 10.2. The number of anilines is 3. The van der Waals surface area contributed by atoms with Crippen molar-refractivity contribution in [1.29, 1.82) is 0 Å². The van der Waals surface area contributed by atoms with Crippen LogP contribution in [0.1, 0.15) is 33.6 Å². The first-order chi connectivity index (χ1) is 17.5. The van der Waals surface area contributed by atoms with Gasteiger partial charge in [0.25, 0.3) is 0 Å². The van der Waals surface area contributed by atoms with Gasteiger partial charge in [0.1, 0.15) is 11.9 Å². The molecule has 10 heteroatoms. The van der Waals surface area contributed by atoms with E-state index >= 15 is 0 Å². The van der Waals surface area contributed by atoms with Crippen LogP contribution < -0.4 is 15.0 Å². The first kappa shape index (κ1) is 27.3. The third-order valence-electron chi connectivity index (χ3n) is 7.37. The Bertz CT molecular complexity index is 1060. The highest BCUT2D eigenvalue weighted by molar-refractivity contribution is 6.48. The minimum atomic E-state index is -0.717. The third kappa shape index (κ3) is 6.60. The quantitative estimate of drug-likeness (QED) is 0.266. The predicted octanol–water partition coefficient (Wildman–Crippen LogP) is 5.33. The summed E-state index contributed by atoms with van der Waals surface area (Å²) < 4.78 is 11.6. The fraction of sp³-hybridized carbons (Fsp3) is 0.593. The number of nitrogens with one attached hydrogen (secondary N) is 1. The van der Waals surface area contributed by atoms with Gasteiger partial charge < -0.3 is 19.4 Å². The van der Waals surface area contributed by atoms with Crippen LogP contribution in [0.5, 0.6) is 5.88 Å². The Kier molecular flexibility index (Phi) is 8.40. The van der Waals surface area contributed by atoms with E-state index in [1.807, 2.05) is 12.1 Å². The number of pyridine rings is 1. The summed E-state index contributed by atoms with van der Waals surface area (Å²) in [6.45, 7) is 15.8. The fourth-order valence-electron chi connectivity index (χ4n) is 5.42. The highest BCUT2D eigenvalue weighted by atomic mass is 28.3. The maximum Gasteiger partial charge on any atom is 0.311 e. The van der Waals surface area contributed by atoms with Gasteiger partial charge >= 0.3 is 5.69 Å². The van der Waals surface area contributed by atoms with Crippen LogP contribution in [0.25, 0.3) is 0 Å². The van der Waals surface area contributed by atoms with E-state index in [9.17, 15) is 10.1 Å². The van der Waals surface area contributed by atoms with Gasteiger partial charge in [-0.2, -0.15) is 0 Å². The monoisotopic (exact) mass is 526 g/mol. The Labute approximate surface area is 222 Å². The standard InChI is InChI=1S/C27H40N5O4Si/c1-27(2,3)26(36-37(5)6)19-11-13-30(14-12-19)22-17-31(18-22)21-9-7-20(8-10-21)29-23-15-25(35-4)28-16-24(23)32(33)34/h7-10,15-16,19,22,26H,11-14,17-18H2,1-6H3,(H,28,29). The second-order valence-corrected chi connectivity index (χ2v) is 13.5. The van der Waals surface area contributed by atoms with E-state index in [2.05, 4.69) is 66.1 Å². The summed E-state index contributed by atoms with van der Waals surface area (Å²) >= 11 is 0. The predicted molar refractivity (Wildman–Crippen MR) is 149 cm³/mol. The van der Waals surface area contributed by atoms with Crippen molar-refractivity contribution < 1.29 is 14.1 Å². The molecule has 1 unspecified atom stereocenters. The Balaban J connectivity index is 1.29. The topological polar surface area (TPSA) is 93.0 Å². The van der Waals surface area contributed by atoms with Gasteiger partial charge in [0.2, 0.25) is 14.9 Å². The van der Waals surface area contributed by atoms with Crippen molar-refractivity contribution >= 4 is 31.8 Å². The molecule has 9 nitrogen and oxygen atoms in total. The summed E-state index contributed by atoms with van der Waals surface area (Å²) in [5, 5.41) is 14.5. The Morgan fingerprint density at radius 3 is 2.35 bits per heavy atom. The van der Waals surface area contributed by atoms with Crippen LogP contribution in [-0.2, 0) is 4.43 Å². The summed E-state index contributed by atoms with van der Waals surface area (Å²) in [6.07, 6.45) is 3.97. The van der Waals surface area contributed by atoms with Gasteiger partial charge in [0, 0.05) is 36.6 Å². The van der Waals surface area contributed by atoms with Gasteiger partial charge in [-0.3, -0.25) is 15.0 Å². The maximum absolute atomic E-state index is 11.4. The van der Waals surface area contributed by atoms with Crippen LogP contribution >= 0.6 is 0 Å². The highest BCUT2D eigenvalue weighted by Crippen LogP contribution is 2.36. The normalized spacial score (nSPS) is 18.5. The number of likely N-dealkylation sites (tertiary alicyclic amines) is 1. The van der Waals surface area contributed by atoms with Gasteiger partial charge in [-0.05, 0) is 74.6 Å². The molecule has 37 heavy (non-hydrogen) atoms. The average Bonchev–Trinajstić information content (AvgIpc) is 2.82. The van der Waals surface area contributed by atoms with Crippen molar-refractivity contribution in [1.82, 2.24) is 9.88 Å². The summed E-state index contributed by atoms with van der Waals surface area (Å²) in [4.78, 5) is 19.9. The number of nitro groups is 1. The number of methoxy groups -OCH3 is 1. The number of benzene rings is 1. The van der Waals surface area contributed by atoms with Crippen LogP contribution in [-0.4, -0.2) is 69.3 Å².